The third-order valence-corrected chi connectivity index (χ3v) is 7.33. The van der Waals surface area contributed by atoms with Crippen LogP contribution in [0.2, 0.25) is 0 Å². The van der Waals surface area contributed by atoms with Crippen LogP contribution in [0.25, 0.3) is 0 Å². The zero-order valence-corrected chi connectivity index (χ0v) is 21.0. The van der Waals surface area contributed by atoms with E-state index in [0.29, 0.717) is 12.5 Å². The highest BCUT2D eigenvalue weighted by atomic mass is 16.5. The Morgan fingerprint density at radius 2 is 1.43 bits per heavy atom. The Morgan fingerprint density at radius 1 is 0.829 bits per heavy atom. The summed E-state index contributed by atoms with van der Waals surface area (Å²) in [6.45, 7) is 8.95. The molecule has 3 nitrogen and oxygen atoms in total. The van der Waals surface area contributed by atoms with E-state index in [0.717, 1.165) is 37.2 Å². The summed E-state index contributed by atoms with van der Waals surface area (Å²) >= 11 is 0. The summed E-state index contributed by atoms with van der Waals surface area (Å²) in [5.74, 6) is 8.29. The fourth-order valence-corrected chi connectivity index (χ4v) is 5.44. The third kappa shape index (κ3) is 5.45. The summed E-state index contributed by atoms with van der Waals surface area (Å²) in [7, 11) is 0. The molecular formula is C32H35NO2. The van der Waals surface area contributed by atoms with Gasteiger partial charge in [-0.15, -0.1) is 0 Å². The molecule has 3 aromatic carbocycles. The Kier molecular flexibility index (Phi) is 6.69. The van der Waals surface area contributed by atoms with Crippen LogP contribution in [0.5, 0.6) is 5.75 Å². The number of rotatable bonds is 5. The number of ether oxygens (including phenoxy) is 2. The molecule has 3 heteroatoms. The average Bonchev–Trinajstić information content (AvgIpc) is 2.85. The van der Waals surface area contributed by atoms with Gasteiger partial charge in [0.15, 0.2) is 0 Å². The SMILES string of the molecule is CC1(C)Oc2ccccc2[C@H]2O[C@@](C)(C#CCN(Cc3ccccc3)Cc3ccccc3)CC[C@@H]21. The molecule has 35 heavy (non-hydrogen) atoms. The van der Waals surface area contributed by atoms with Gasteiger partial charge in [0, 0.05) is 24.6 Å². The van der Waals surface area contributed by atoms with Crippen molar-refractivity contribution in [3.8, 4) is 17.6 Å². The van der Waals surface area contributed by atoms with Gasteiger partial charge in [-0.3, -0.25) is 4.90 Å². The summed E-state index contributed by atoms with van der Waals surface area (Å²) in [5, 5.41) is 0. The first-order valence-electron chi connectivity index (χ1n) is 12.7. The summed E-state index contributed by atoms with van der Waals surface area (Å²) < 4.78 is 13.1. The van der Waals surface area contributed by atoms with E-state index in [1.807, 2.05) is 6.07 Å². The lowest BCUT2D eigenvalue weighted by molar-refractivity contribution is -0.169. The zero-order chi connectivity index (χ0) is 24.3. The van der Waals surface area contributed by atoms with Crippen LogP contribution in [-0.4, -0.2) is 22.6 Å². The van der Waals surface area contributed by atoms with Gasteiger partial charge in [-0.1, -0.05) is 90.7 Å². The molecule has 2 heterocycles. The molecule has 0 aromatic heterocycles. The van der Waals surface area contributed by atoms with E-state index in [1.165, 1.54) is 11.1 Å². The number of benzene rings is 3. The van der Waals surface area contributed by atoms with Crippen molar-refractivity contribution in [1.82, 2.24) is 4.90 Å². The smallest absolute Gasteiger partial charge is 0.126 e. The van der Waals surface area contributed by atoms with E-state index in [9.17, 15) is 0 Å². The predicted octanol–water partition coefficient (Wildman–Crippen LogP) is 6.79. The van der Waals surface area contributed by atoms with Crippen molar-refractivity contribution in [1.29, 1.82) is 0 Å². The van der Waals surface area contributed by atoms with Gasteiger partial charge in [0.25, 0.3) is 0 Å². The maximum Gasteiger partial charge on any atom is 0.126 e. The summed E-state index contributed by atoms with van der Waals surface area (Å²) in [6.07, 6.45) is 1.95. The first-order valence-corrected chi connectivity index (χ1v) is 12.7. The molecule has 0 aliphatic carbocycles. The summed E-state index contributed by atoms with van der Waals surface area (Å²) in [6, 6.07) is 29.6. The van der Waals surface area contributed by atoms with E-state index >= 15 is 0 Å². The third-order valence-electron chi connectivity index (χ3n) is 7.33. The van der Waals surface area contributed by atoms with Crippen molar-refractivity contribution in [2.75, 3.05) is 6.54 Å². The van der Waals surface area contributed by atoms with E-state index in [1.54, 1.807) is 0 Å². The van der Waals surface area contributed by atoms with Crippen LogP contribution < -0.4 is 4.74 Å². The van der Waals surface area contributed by atoms with Gasteiger partial charge in [0.05, 0.1) is 12.6 Å². The lowest BCUT2D eigenvalue weighted by Crippen LogP contribution is -2.50. The van der Waals surface area contributed by atoms with E-state index in [4.69, 9.17) is 9.47 Å². The normalized spacial score (nSPS) is 24.5. The second kappa shape index (κ2) is 9.90. The van der Waals surface area contributed by atoms with Gasteiger partial charge in [0.2, 0.25) is 0 Å². The first kappa shape index (κ1) is 23.7. The molecule has 0 unspecified atom stereocenters. The number of nitrogens with zero attached hydrogens (tertiary/aromatic N) is 1. The van der Waals surface area contributed by atoms with Crippen LogP contribution >= 0.6 is 0 Å². The Labute approximate surface area is 210 Å². The Balaban J connectivity index is 1.33. The van der Waals surface area contributed by atoms with Gasteiger partial charge in [-0.05, 0) is 50.8 Å². The fourth-order valence-electron chi connectivity index (χ4n) is 5.44. The minimum Gasteiger partial charge on any atom is -0.487 e. The van der Waals surface area contributed by atoms with Gasteiger partial charge < -0.3 is 9.47 Å². The number of hydrogen-bond donors (Lipinski definition) is 0. The Hall–Kier alpha value is -3.06. The van der Waals surface area contributed by atoms with Gasteiger partial charge in [-0.25, -0.2) is 0 Å². The van der Waals surface area contributed by atoms with E-state index in [2.05, 4.69) is 116 Å². The molecule has 0 radical (unpaired) electrons. The van der Waals surface area contributed by atoms with Gasteiger partial charge >= 0.3 is 0 Å². The first-order chi connectivity index (χ1) is 16.9. The van der Waals surface area contributed by atoms with E-state index < -0.39 is 5.60 Å². The lowest BCUT2D eigenvalue weighted by Gasteiger charge is -2.50. The molecular weight excluding hydrogens is 430 g/mol. The number of fused-ring (bicyclic) bond motifs is 3. The quantitative estimate of drug-likeness (QED) is 0.387. The van der Waals surface area contributed by atoms with Gasteiger partial charge in [-0.2, -0.15) is 0 Å². The topological polar surface area (TPSA) is 21.7 Å². The molecule has 2 aliphatic rings. The minimum atomic E-state index is -0.465. The molecule has 5 rings (SSSR count). The van der Waals surface area contributed by atoms with Crippen LogP contribution in [0.3, 0.4) is 0 Å². The molecule has 2 aliphatic heterocycles. The van der Waals surface area contributed by atoms with Crippen LogP contribution in [0.1, 0.15) is 56.4 Å². The van der Waals surface area contributed by atoms with Crippen molar-refractivity contribution in [2.45, 2.75) is 64.0 Å². The van der Waals surface area contributed by atoms with Crippen molar-refractivity contribution < 1.29 is 9.47 Å². The van der Waals surface area contributed by atoms with Crippen molar-refractivity contribution >= 4 is 0 Å². The summed E-state index contributed by atoms with van der Waals surface area (Å²) in [5.41, 5.74) is 3.03. The lowest BCUT2D eigenvalue weighted by atomic mass is 9.73. The molecule has 0 amide bonds. The monoisotopic (exact) mass is 465 g/mol. The molecule has 3 atom stereocenters. The van der Waals surface area contributed by atoms with Crippen LogP contribution in [0.15, 0.2) is 84.9 Å². The number of para-hydroxylation sites is 1. The molecule has 180 valence electrons. The zero-order valence-electron chi connectivity index (χ0n) is 21.0. The van der Waals surface area contributed by atoms with Crippen molar-refractivity contribution in [2.24, 2.45) is 5.92 Å². The highest BCUT2D eigenvalue weighted by Crippen LogP contribution is 2.52. The molecule has 1 saturated heterocycles. The average molecular weight is 466 g/mol. The van der Waals surface area contributed by atoms with E-state index in [-0.39, 0.29) is 11.7 Å². The Morgan fingerprint density at radius 3 is 2.09 bits per heavy atom. The van der Waals surface area contributed by atoms with Crippen molar-refractivity contribution in [3.63, 3.8) is 0 Å². The fraction of sp³-hybridized carbons (Fsp3) is 0.375. The standard InChI is InChI=1S/C32H35NO2/c1-31(2)28-19-21-32(3,35-30(28)27-17-10-11-18-29(27)34-31)20-12-22-33(23-25-13-6-4-7-14-25)24-26-15-8-5-9-16-26/h4-11,13-18,28,30H,19,21-24H2,1-3H3/t28-,30+,32-/m0/s1. The van der Waals surface area contributed by atoms with Crippen LogP contribution in [-0.2, 0) is 17.8 Å². The summed E-state index contributed by atoms with van der Waals surface area (Å²) in [4.78, 5) is 2.40. The second-order valence-corrected chi connectivity index (χ2v) is 10.6. The maximum atomic E-state index is 6.79. The predicted molar refractivity (Wildman–Crippen MR) is 141 cm³/mol. The Bertz CT molecular complexity index is 1150. The molecule has 0 bridgehead atoms. The van der Waals surface area contributed by atoms with Crippen LogP contribution in [0, 0.1) is 17.8 Å². The second-order valence-electron chi connectivity index (χ2n) is 10.6. The molecule has 0 N–H and O–H groups in total. The number of hydrogen-bond acceptors (Lipinski definition) is 3. The minimum absolute atomic E-state index is 0.00717. The highest BCUT2D eigenvalue weighted by molar-refractivity contribution is 5.39. The largest absolute Gasteiger partial charge is 0.487 e. The molecule has 1 fully saturated rings. The highest BCUT2D eigenvalue weighted by Gasteiger charge is 2.49. The van der Waals surface area contributed by atoms with Crippen molar-refractivity contribution in [3.05, 3.63) is 102 Å². The molecule has 0 spiro atoms. The van der Waals surface area contributed by atoms with Crippen LogP contribution in [0.4, 0.5) is 0 Å². The molecule has 3 aromatic rings. The maximum absolute atomic E-state index is 6.79. The molecule has 0 saturated carbocycles. The van der Waals surface area contributed by atoms with Gasteiger partial charge in [0.1, 0.15) is 17.0 Å².